The van der Waals surface area contributed by atoms with Crippen molar-refractivity contribution in [1.82, 2.24) is 15.5 Å². The highest BCUT2D eigenvalue weighted by molar-refractivity contribution is 7.98. The highest BCUT2D eigenvalue weighted by atomic mass is 32.2. The summed E-state index contributed by atoms with van der Waals surface area (Å²) in [5.74, 6) is -2.01. The topological polar surface area (TPSA) is 162 Å². The maximum atomic E-state index is 13.2. The van der Waals surface area contributed by atoms with Crippen LogP contribution in [0.3, 0.4) is 0 Å². The van der Waals surface area contributed by atoms with E-state index in [0.29, 0.717) is 31.6 Å². The molecule has 0 spiro atoms. The zero-order chi connectivity index (χ0) is 23.7. The lowest BCUT2D eigenvalue weighted by Gasteiger charge is -2.30. The Kier molecular flexibility index (Phi) is 11.3. The van der Waals surface area contributed by atoms with Gasteiger partial charge in [-0.2, -0.15) is 11.8 Å². The number of hydrogen-bond acceptors (Lipinski definition) is 7. The molecule has 1 heterocycles. The molecule has 0 bridgehead atoms. The molecule has 6 N–H and O–H groups in total. The summed E-state index contributed by atoms with van der Waals surface area (Å²) in [5, 5.41) is 24.1. The number of amides is 3. The second-order valence-electron chi connectivity index (χ2n) is 8.33. The SMILES string of the molecule is CSCCC(NC(=O)C1CCCN1C(=O)C(CC(C)C)NC(=O)C(N)C(C)O)C(=O)O. The first-order valence-electron chi connectivity index (χ1n) is 10.6. The minimum atomic E-state index is -1.17. The maximum Gasteiger partial charge on any atom is 0.326 e. The minimum absolute atomic E-state index is 0.0786. The van der Waals surface area contributed by atoms with Gasteiger partial charge in [-0.3, -0.25) is 14.4 Å². The molecule has 1 rings (SSSR count). The number of nitrogens with two attached hydrogens (primary N) is 1. The van der Waals surface area contributed by atoms with Crippen LogP contribution < -0.4 is 16.4 Å². The van der Waals surface area contributed by atoms with Crippen molar-refractivity contribution in [3.8, 4) is 0 Å². The molecule has 5 unspecified atom stereocenters. The summed E-state index contributed by atoms with van der Waals surface area (Å²) >= 11 is 1.48. The molecule has 0 aliphatic carbocycles. The van der Waals surface area contributed by atoms with E-state index in [4.69, 9.17) is 5.73 Å². The number of nitrogens with zero attached hydrogens (tertiary/aromatic N) is 1. The van der Waals surface area contributed by atoms with Crippen LogP contribution in [-0.2, 0) is 19.2 Å². The quantitative estimate of drug-likeness (QED) is 0.261. The Labute approximate surface area is 187 Å². The van der Waals surface area contributed by atoms with Gasteiger partial charge in [-0.25, -0.2) is 4.79 Å². The molecule has 178 valence electrons. The van der Waals surface area contributed by atoms with E-state index in [1.54, 1.807) is 0 Å². The molecule has 1 fully saturated rings. The summed E-state index contributed by atoms with van der Waals surface area (Å²) in [6.07, 6.45) is 2.42. The molecule has 0 radical (unpaired) electrons. The van der Waals surface area contributed by atoms with E-state index in [-0.39, 0.29) is 12.3 Å². The Morgan fingerprint density at radius 2 is 1.81 bits per heavy atom. The lowest BCUT2D eigenvalue weighted by Crippen LogP contribution is -2.58. The monoisotopic (exact) mass is 460 g/mol. The van der Waals surface area contributed by atoms with Crippen LogP contribution >= 0.6 is 11.8 Å². The smallest absolute Gasteiger partial charge is 0.326 e. The lowest BCUT2D eigenvalue weighted by atomic mass is 10.0. The van der Waals surface area contributed by atoms with Gasteiger partial charge in [0.05, 0.1) is 6.10 Å². The van der Waals surface area contributed by atoms with Crippen LogP contribution in [0.1, 0.15) is 46.5 Å². The number of aliphatic hydroxyl groups is 1. The van der Waals surface area contributed by atoms with Gasteiger partial charge in [0.1, 0.15) is 24.2 Å². The van der Waals surface area contributed by atoms with Crippen LogP contribution in [-0.4, -0.2) is 87.6 Å². The lowest BCUT2D eigenvalue weighted by molar-refractivity contribution is -0.145. The number of carbonyl (C=O) groups is 4. The van der Waals surface area contributed by atoms with Crippen molar-refractivity contribution >= 4 is 35.5 Å². The number of carboxylic acid groups (broad SMARTS) is 1. The zero-order valence-electron chi connectivity index (χ0n) is 18.7. The number of carbonyl (C=O) groups excluding carboxylic acids is 3. The third kappa shape index (κ3) is 8.30. The fourth-order valence-electron chi connectivity index (χ4n) is 3.44. The molecule has 0 aromatic heterocycles. The number of carboxylic acids is 1. The predicted molar refractivity (Wildman–Crippen MR) is 118 cm³/mol. The summed E-state index contributed by atoms with van der Waals surface area (Å²) in [5.41, 5.74) is 5.68. The number of aliphatic carboxylic acids is 1. The van der Waals surface area contributed by atoms with E-state index in [1.165, 1.54) is 23.6 Å². The molecule has 3 amide bonds. The predicted octanol–water partition coefficient (Wildman–Crippen LogP) is -0.461. The first-order chi connectivity index (χ1) is 14.5. The van der Waals surface area contributed by atoms with E-state index < -0.39 is 54.0 Å². The van der Waals surface area contributed by atoms with E-state index in [1.807, 2.05) is 20.1 Å². The van der Waals surface area contributed by atoms with Crippen molar-refractivity contribution in [2.45, 2.75) is 76.7 Å². The van der Waals surface area contributed by atoms with Crippen molar-refractivity contribution < 1.29 is 29.4 Å². The summed E-state index contributed by atoms with van der Waals surface area (Å²) in [6.45, 7) is 5.53. The number of nitrogens with one attached hydrogen (secondary N) is 2. The summed E-state index contributed by atoms with van der Waals surface area (Å²) in [6, 6.07) is -3.88. The van der Waals surface area contributed by atoms with E-state index in [9.17, 15) is 29.4 Å². The average Bonchev–Trinajstić information content (AvgIpc) is 3.18. The fourth-order valence-corrected chi connectivity index (χ4v) is 3.92. The van der Waals surface area contributed by atoms with Crippen LogP contribution in [0.5, 0.6) is 0 Å². The number of likely N-dealkylation sites (tertiary alicyclic amines) is 1. The Morgan fingerprint density at radius 3 is 2.32 bits per heavy atom. The summed E-state index contributed by atoms with van der Waals surface area (Å²) in [7, 11) is 0. The van der Waals surface area contributed by atoms with Crippen molar-refractivity contribution in [3.05, 3.63) is 0 Å². The molecular formula is C20H36N4O6S. The largest absolute Gasteiger partial charge is 0.480 e. The van der Waals surface area contributed by atoms with Gasteiger partial charge in [0.2, 0.25) is 17.7 Å². The molecule has 1 saturated heterocycles. The molecule has 10 nitrogen and oxygen atoms in total. The van der Waals surface area contributed by atoms with Gasteiger partial charge in [0.15, 0.2) is 0 Å². The van der Waals surface area contributed by atoms with E-state index in [0.717, 1.165) is 0 Å². The number of thioether (sulfide) groups is 1. The van der Waals surface area contributed by atoms with Gasteiger partial charge in [-0.1, -0.05) is 13.8 Å². The van der Waals surface area contributed by atoms with E-state index in [2.05, 4.69) is 10.6 Å². The molecule has 0 aromatic carbocycles. The van der Waals surface area contributed by atoms with Gasteiger partial charge < -0.3 is 31.5 Å². The number of hydrogen-bond donors (Lipinski definition) is 5. The molecule has 0 saturated carbocycles. The molecular weight excluding hydrogens is 424 g/mol. The second-order valence-corrected chi connectivity index (χ2v) is 9.31. The van der Waals surface area contributed by atoms with Crippen molar-refractivity contribution in [1.29, 1.82) is 0 Å². The molecule has 0 aromatic rings. The van der Waals surface area contributed by atoms with Gasteiger partial charge in [0, 0.05) is 6.54 Å². The van der Waals surface area contributed by atoms with Crippen LogP contribution in [0.4, 0.5) is 0 Å². The van der Waals surface area contributed by atoms with Crippen molar-refractivity contribution in [2.24, 2.45) is 11.7 Å². The van der Waals surface area contributed by atoms with Gasteiger partial charge in [-0.15, -0.1) is 0 Å². The average molecular weight is 461 g/mol. The number of rotatable bonds is 12. The second kappa shape index (κ2) is 12.9. The molecule has 31 heavy (non-hydrogen) atoms. The van der Waals surface area contributed by atoms with Gasteiger partial charge in [0.25, 0.3) is 0 Å². The maximum absolute atomic E-state index is 13.2. The minimum Gasteiger partial charge on any atom is -0.480 e. The van der Waals surface area contributed by atoms with Crippen LogP contribution in [0.25, 0.3) is 0 Å². The molecule has 11 heteroatoms. The van der Waals surface area contributed by atoms with Crippen LogP contribution in [0, 0.1) is 5.92 Å². The van der Waals surface area contributed by atoms with E-state index >= 15 is 0 Å². The first-order valence-corrected chi connectivity index (χ1v) is 12.0. The molecule has 1 aliphatic rings. The van der Waals surface area contributed by atoms with Crippen molar-refractivity contribution in [2.75, 3.05) is 18.6 Å². The van der Waals surface area contributed by atoms with Crippen molar-refractivity contribution in [3.63, 3.8) is 0 Å². The van der Waals surface area contributed by atoms with Crippen LogP contribution in [0.15, 0.2) is 0 Å². The highest BCUT2D eigenvalue weighted by Gasteiger charge is 2.39. The Hall–Kier alpha value is -1.85. The van der Waals surface area contributed by atoms with Gasteiger partial charge in [-0.05, 0) is 50.5 Å². The first kappa shape index (κ1) is 27.2. The Morgan fingerprint density at radius 1 is 1.16 bits per heavy atom. The molecule has 5 atom stereocenters. The fraction of sp³-hybridized carbons (Fsp3) is 0.800. The normalized spacial score (nSPS) is 20.1. The third-order valence-electron chi connectivity index (χ3n) is 5.21. The van der Waals surface area contributed by atoms with Gasteiger partial charge >= 0.3 is 5.97 Å². The summed E-state index contributed by atoms with van der Waals surface area (Å²) < 4.78 is 0. The zero-order valence-corrected chi connectivity index (χ0v) is 19.5. The Bertz CT molecular complexity index is 645. The Balaban J connectivity index is 2.93. The highest BCUT2D eigenvalue weighted by Crippen LogP contribution is 2.21. The number of aliphatic hydroxyl groups excluding tert-OH is 1. The third-order valence-corrected chi connectivity index (χ3v) is 5.85. The standard InChI is InChI=1S/C20H36N4O6S/c1-11(2)10-14(23-18(27)16(21)12(3)25)19(28)24-8-5-6-15(24)17(26)22-13(20(29)30)7-9-31-4/h11-16,25H,5-10,21H2,1-4H3,(H,22,26)(H,23,27)(H,29,30). The summed E-state index contributed by atoms with van der Waals surface area (Å²) in [4.78, 5) is 51.2. The molecule has 1 aliphatic heterocycles. The van der Waals surface area contributed by atoms with Crippen LogP contribution in [0.2, 0.25) is 0 Å².